The number of oxime groups is 1. The Morgan fingerprint density at radius 2 is 2.09 bits per heavy atom. The van der Waals surface area contributed by atoms with Crippen molar-refractivity contribution in [1.29, 1.82) is 0 Å². The first-order chi connectivity index (χ1) is 16.3. The van der Waals surface area contributed by atoms with Gasteiger partial charge in [-0.2, -0.15) is 0 Å². The number of hydrogen-bond acceptors (Lipinski definition) is 9. The van der Waals surface area contributed by atoms with Gasteiger partial charge in [0.15, 0.2) is 11.8 Å². The molecule has 1 aromatic rings. The fraction of sp³-hybridized carbons (Fsp3) is 0.455. The average molecular weight is 605 g/mol. The number of nitrogens with one attached hydrogen (secondary N) is 2. The average Bonchev–Trinajstić information content (AvgIpc) is 3.07. The van der Waals surface area contributed by atoms with Crippen molar-refractivity contribution >= 4 is 43.5 Å². The minimum atomic E-state index is -1.58. The van der Waals surface area contributed by atoms with E-state index in [9.17, 15) is 15.0 Å². The second kappa shape index (κ2) is 12.0. The van der Waals surface area contributed by atoms with E-state index >= 15 is 0 Å². The van der Waals surface area contributed by atoms with Crippen LogP contribution >= 0.6 is 31.9 Å². The summed E-state index contributed by atoms with van der Waals surface area (Å²) < 4.78 is 17.7. The maximum absolute atomic E-state index is 12.5. The number of benzene rings is 1. The van der Waals surface area contributed by atoms with Crippen molar-refractivity contribution in [3.05, 3.63) is 50.8 Å². The first-order valence-corrected chi connectivity index (χ1v) is 12.1. The molecule has 1 aromatic carbocycles. The van der Waals surface area contributed by atoms with Gasteiger partial charge >= 0.3 is 5.79 Å². The van der Waals surface area contributed by atoms with Crippen LogP contribution < -0.4 is 15.4 Å². The number of halogens is 2. The number of aliphatic hydroxyl groups is 2. The van der Waals surface area contributed by atoms with Crippen LogP contribution in [-0.4, -0.2) is 67.6 Å². The van der Waals surface area contributed by atoms with Crippen molar-refractivity contribution in [3.63, 3.8) is 0 Å². The third kappa shape index (κ3) is 6.11. The molecule has 2 heterocycles. The molecule has 1 amide bonds. The number of aliphatic hydroxyl groups excluding tert-OH is 2. The van der Waals surface area contributed by atoms with E-state index in [-0.39, 0.29) is 12.1 Å². The van der Waals surface area contributed by atoms with Crippen LogP contribution in [0.4, 0.5) is 0 Å². The lowest BCUT2D eigenvalue weighted by Gasteiger charge is -2.27. The van der Waals surface area contributed by atoms with Gasteiger partial charge in [-0.25, -0.2) is 0 Å². The summed E-state index contributed by atoms with van der Waals surface area (Å²) in [6.45, 7) is 1.14. The summed E-state index contributed by atoms with van der Waals surface area (Å²) >= 11 is 6.73. The molecule has 0 saturated heterocycles. The first kappa shape index (κ1) is 26.5. The lowest BCUT2D eigenvalue weighted by atomic mass is 10.0. The second-order valence-electron chi connectivity index (χ2n) is 7.58. The molecule has 3 rings (SSSR count). The maximum atomic E-state index is 12.5. The van der Waals surface area contributed by atoms with Gasteiger partial charge in [0.25, 0.3) is 5.91 Å². The summed E-state index contributed by atoms with van der Waals surface area (Å²) in [4.78, 5) is 17.9. The van der Waals surface area contributed by atoms with Gasteiger partial charge in [0.1, 0.15) is 17.8 Å². The molecule has 34 heavy (non-hydrogen) atoms. The van der Waals surface area contributed by atoms with Crippen LogP contribution in [0.15, 0.2) is 50.4 Å². The number of rotatable bonds is 10. The predicted molar refractivity (Wildman–Crippen MR) is 131 cm³/mol. The Bertz CT molecular complexity index is 968. The Kier molecular flexibility index (Phi) is 9.37. The lowest BCUT2D eigenvalue weighted by molar-refractivity contribution is -0.225. The van der Waals surface area contributed by atoms with E-state index < -0.39 is 23.9 Å². The van der Waals surface area contributed by atoms with Gasteiger partial charge in [0, 0.05) is 17.6 Å². The zero-order chi connectivity index (χ0) is 24.7. The molecular weight excluding hydrogens is 578 g/mol. The van der Waals surface area contributed by atoms with Crippen LogP contribution in [0.5, 0.6) is 5.75 Å². The normalized spacial score (nSPS) is 22.8. The van der Waals surface area contributed by atoms with Crippen molar-refractivity contribution < 1.29 is 34.1 Å². The van der Waals surface area contributed by atoms with Gasteiger partial charge in [-0.1, -0.05) is 33.2 Å². The van der Waals surface area contributed by atoms with E-state index in [0.29, 0.717) is 46.6 Å². The Morgan fingerprint density at radius 3 is 2.76 bits per heavy atom. The standard InChI is InChI=1S/C22H27Br2N3O7/c1-25-11-17(28)13-4-6-14(7-5-13)32-9-3-8-26-21(30)18-20(29)22(34-27-18)10-15(23)19(31-2)16(24)12-33-22/h4-7,12,17,20,25,28-29H,3,8-11H2,1-2H3,(H,26,30). The van der Waals surface area contributed by atoms with Crippen LogP contribution in [-0.2, 0) is 19.1 Å². The number of ether oxygens (including phenoxy) is 3. The van der Waals surface area contributed by atoms with E-state index in [0.717, 1.165) is 5.56 Å². The van der Waals surface area contributed by atoms with E-state index in [2.05, 4.69) is 47.6 Å². The van der Waals surface area contributed by atoms with E-state index in [1.807, 2.05) is 0 Å². The fourth-order valence-electron chi connectivity index (χ4n) is 3.35. The summed E-state index contributed by atoms with van der Waals surface area (Å²) in [6.07, 6.45) is -0.0601. The SMILES string of the molecule is CNCC(O)c1ccc(OCCCNC(=O)C2=NOC3(CC(Br)=C(OC)C(Br)=CO3)C2O)cc1. The van der Waals surface area contributed by atoms with E-state index in [4.69, 9.17) is 19.0 Å². The van der Waals surface area contributed by atoms with Gasteiger partial charge < -0.3 is 39.9 Å². The largest absolute Gasteiger partial charge is 0.495 e. The summed E-state index contributed by atoms with van der Waals surface area (Å²) in [5.41, 5.74) is 0.619. The molecule has 4 N–H and O–H groups in total. The van der Waals surface area contributed by atoms with E-state index in [1.165, 1.54) is 13.4 Å². The quantitative estimate of drug-likeness (QED) is 0.299. The third-order valence-electron chi connectivity index (χ3n) is 5.18. The van der Waals surface area contributed by atoms with Gasteiger partial charge in [-0.15, -0.1) is 0 Å². The summed E-state index contributed by atoms with van der Waals surface area (Å²) in [5, 5.41) is 30.1. The van der Waals surface area contributed by atoms with Crippen molar-refractivity contribution in [1.82, 2.24) is 10.6 Å². The highest BCUT2D eigenvalue weighted by Gasteiger charge is 2.54. The van der Waals surface area contributed by atoms with Gasteiger partial charge in [-0.3, -0.25) is 4.79 Å². The molecule has 0 fully saturated rings. The van der Waals surface area contributed by atoms with Crippen molar-refractivity contribution in [2.24, 2.45) is 5.16 Å². The molecule has 3 atom stereocenters. The number of allylic oxidation sites excluding steroid dienone is 1. The Balaban J connectivity index is 1.45. The summed E-state index contributed by atoms with van der Waals surface area (Å²) in [7, 11) is 3.28. The predicted octanol–water partition coefficient (Wildman–Crippen LogP) is 2.18. The topological polar surface area (TPSA) is 131 Å². The molecule has 2 aliphatic rings. The molecule has 0 aromatic heterocycles. The van der Waals surface area contributed by atoms with Gasteiger partial charge in [-0.05, 0) is 47.1 Å². The zero-order valence-electron chi connectivity index (χ0n) is 18.7. The van der Waals surface area contributed by atoms with Crippen molar-refractivity contribution in [2.75, 3.05) is 33.9 Å². The van der Waals surface area contributed by atoms with Crippen molar-refractivity contribution in [3.8, 4) is 5.75 Å². The third-order valence-corrected chi connectivity index (χ3v) is 6.36. The molecule has 2 aliphatic heterocycles. The molecule has 3 unspecified atom stereocenters. The van der Waals surface area contributed by atoms with Crippen LogP contribution in [0.25, 0.3) is 0 Å². The Morgan fingerprint density at radius 1 is 1.35 bits per heavy atom. The maximum Gasteiger partial charge on any atom is 0.311 e. The monoisotopic (exact) mass is 603 g/mol. The molecule has 12 heteroatoms. The number of carbonyl (C=O) groups is 1. The molecule has 0 saturated carbocycles. The number of nitrogens with zero attached hydrogens (tertiary/aromatic N) is 1. The highest BCUT2D eigenvalue weighted by molar-refractivity contribution is 9.12. The lowest BCUT2D eigenvalue weighted by Crippen LogP contribution is -2.49. The van der Waals surface area contributed by atoms with Crippen LogP contribution in [0.1, 0.15) is 24.5 Å². The van der Waals surface area contributed by atoms with E-state index in [1.54, 1.807) is 31.3 Å². The van der Waals surface area contributed by atoms with Crippen LogP contribution in [0, 0.1) is 0 Å². The van der Waals surface area contributed by atoms with Crippen LogP contribution in [0.2, 0.25) is 0 Å². The number of amides is 1. The van der Waals surface area contributed by atoms with Crippen molar-refractivity contribution in [2.45, 2.75) is 30.8 Å². The fourth-order valence-corrected chi connectivity index (χ4v) is 4.88. The molecule has 1 spiro atoms. The molecular formula is C22H27Br2N3O7. The minimum absolute atomic E-state index is 0.0713. The number of carbonyl (C=O) groups excluding carboxylic acids is 1. The highest BCUT2D eigenvalue weighted by atomic mass is 79.9. The minimum Gasteiger partial charge on any atom is -0.495 e. The van der Waals surface area contributed by atoms with Gasteiger partial charge in [0.05, 0.1) is 30.7 Å². The Labute approximate surface area is 214 Å². The van der Waals surface area contributed by atoms with Crippen LogP contribution in [0.3, 0.4) is 0 Å². The Hall–Kier alpha value is -2.12. The zero-order valence-corrected chi connectivity index (χ0v) is 21.9. The number of hydrogen-bond donors (Lipinski definition) is 4. The number of methoxy groups -OCH3 is 1. The second-order valence-corrected chi connectivity index (χ2v) is 9.39. The summed E-state index contributed by atoms with van der Waals surface area (Å²) in [5.74, 6) is -0.998. The number of likely N-dealkylation sites (N-methyl/N-ethyl adjacent to an activating group) is 1. The molecule has 10 nitrogen and oxygen atoms in total. The highest BCUT2D eigenvalue weighted by Crippen LogP contribution is 2.41. The van der Waals surface area contributed by atoms with Gasteiger partial charge in [0.2, 0.25) is 0 Å². The first-order valence-electron chi connectivity index (χ1n) is 10.6. The molecule has 0 bridgehead atoms. The summed E-state index contributed by atoms with van der Waals surface area (Å²) in [6, 6.07) is 7.19. The molecule has 186 valence electrons. The molecule has 0 aliphatic carbocycles. The smallest absolute Gasteiger partial charge is 0.311 e. The molecule has 0 radical (unpaired) electrons.